The van der Waals surface area contributed by atoms with Crippen LogP contribution in [0.5, 0.6) is 0 Å². The molecule has 0 saturated carbocycles. The molecule has 1 amide bonds. The standard InChI is InChI=1S/C28H34N8OS/c1-5-34-11-13-36(14-12-34)28-30-19(4)15-25(33-28)32-24-17-22-23(18-29-24)38-26(31-22)20-9-8-10-21(16-20)27(37)35(6-2)7-3/h8-10,15-18H,5-7,11-14H2,1-4H3,(H,29,30,32,33). The topological polar surface area (TPSA) is 90.4 Å². The van der Waals surface area contributed by atoms with Gasteiger partial charge < -0.3 is 20.0 Å². The Hall–Kier alpha value is -3.63. The molecule has 4 aromatic rings. The zero-order valence-corrected chi connectivity index (χ0v) is 23.3. The second-order valence-electron chi connectivity index (χ2n) is 9.36. The lowest BCUT2D eigenvalue weighted by atomic mass is 10.1. The number of hydrogen-bond acceptors (Lipinski definition) is 9. The number of fused-ring (bicyclic) bond motifs is 1. The van der Waals surface area contributed by atoms with Crippen LogP contribution in [0.15, 0.2) is 42.6 Å². The smallest absolute Gasteiger partial charge is 0.253 e. The fourth-order valence-corrected chi connectivity index (χ4v) is 5.57. The fourth-order valence-electron chi connectivity index (χ4n) is 4.66. The third-order valence-corrected chi connectivity index (χ3v) is 7.94. The summed E-state index contributed by atoms with van der Waals surface area (Å²) in [5.41, 5.74) is 3.37. The molecule has 1 fully saturated rings. The first-order chi connectivity index (χ1) is 18.5. The number of aryl methyl sites for hydroxylation is 1. The third-order valence-electron chi connectivity index (χ3n) is 6.88. The van der Waals surface area contributed by atoms with E-state index < -0.39 is 0 Å². The van der Waals surface area contributed by atoms with Crippen LogP contribution >= 0.6 is 11.3 Å². The van der Waals surface area contributed by atoms with Crippen LogP contribution in [0, 0.1) is 6.92 Å². The van der Waals surface area contributed by atoms with Crippen LogP contribution in [0.4, 0.5) is 17.6 Å². The van der Waals surface area contributed by atoms with Gasteiger partial charge in [-0.3, -0.25) is 4.79 Å². The molecule has 0 spiro atoms. The number of anilines is 3. The van der Waals surface area contributed by atoms with Gasteiger partial charge in [0.15, 0.2) is 0 Å². The van der Waals surface area contributed by atoms with Gasteiger partial charge in [0.05, 0.1) is 10.2 Å². The number of hydrogen-bond donors (Lipinski definition) is 1. The summed E-state index contributed by atoms with van der Waals surface area (Å²) in [5, 5.41) is 4.21. The molecule has 9 nitrogen and oxygen atoms in total. The minimum Gasteiger partial charge on any atom is -0.339 e. The number of nitrogens with zero attached hydrogens (tertiary/aromatic N) is 7. The average Bonchev–Trinajstić information content (AvgIpc) is 3.37. The van der Waals surface area contributed by atoms with E-state index in [4.69, 9.17) is 9.97 Å². The quantitative estimate of drug-likeness (QED) is 0.347. The number of carbonyl (C=O) groups excluding carboxylic acids is 1. The van der Waals surface area contributed by atoms with Gasteiger partial charge in [-0.1, -0.05) is 19.1 Å². The molecule has 0 bridgehead atoms. The van der Waals surface area contributed by atoms with Gasteiger partial charge in [-0.05, 0) is 39.4 Å². The van der Waals surface area contributed by atoms with E-state index in [9.17, 15) is 4.79 Å². The van der Waals surface area contributed by atoms with Crippen LogP contribution < -0.4 is 10.2 Å². The Morgan fingerprint density at radius 2 is 1.79 bits per heavy atom. The number of benzene rings is 1. The van der Waals surface area contributed by atoms with Crippen molar-refractivity contribution in [3.63, 3.8) is 0 Å². The molecule has 1 N–H and O–H groups in total. The van der Waals surface area contributed by atoms with E-state index >= 15 is 0 Å². The van der Waals surface area contributed by atoms with Gasteiger partial charge in [0.25, 0.3) is 5.91 Å². The largest absolute Gasteiger partial charge is 0.339 e. The number of piperazine rings is 1. The number of rotatable bonds is 8. The highest BCUT2D eigenvalue weighted by Crippen LogP contribution is 2.32. The van der Waals surface area contributed by atoms with Gasteiger partial charge in [-0.15, -0.1) is 11.3 Å². The predicted octanol–water partition coefficient (Wildman–Crippen LogP) is 4.82. The van der Waals surface area contributed by atoms with Crippen LogP contribution in [0.1, 0.15) is 36.8 Å². The fraction of sp³-hybridized carbons (Fsp3) is 0.393. The number of amides is 1. The SMILES string of the molecule is CCN1CCN(c2nc(C)cc(Nc3cc4nc(-c5cccc(C(=O)N(CC)CC)c5)sc4cn3)n2)CC1. The Morgan fingerprint density at radius 1 is 1.00 bits per heavy atom. The molecule has 198 valence electrons. The van der Waals surface area contributed by atoms with Crippen molar-refractivity contribution in [3.8, 4) is 10.6 Å². The highest BCUT2D eigenvalue weighted by molar-refractivity contribution is 7.21. The van der Waals surface area contributed by atoms with Crippen molar-refractivity contribution in [3.05, 3.63) is 53.9 Å². The molecule has 38 heavy (non-hydrogen) atoms. The maximum atomic E-state index is 12.8. The highest BCUT2D eigenvalue weighted by atomic mass is 32.1. The van der Waals surface area contributed by atoms with Crippen LogP contribution in [-0.2, 0) is 0 Å². The summed E-state index contributed by atoms with van der Waals surface area (Å²) in [5.74, 6) is 2.19. The average molecular weight is 531 g/mol. The molecular formula is C28H34N8OS. The van der Waals surface area contributed by atoms with Crippen molar-refractivity contribution >= 4 is 45.0 Å². The van der Waals surface area contributed by atoms with E-state index in [0.717, 1.165) is 71.0 Å². The number of carbonyl (C=O) groups is 1. The van der Waals surface area contributed by atoms with Crippen LogP contribution in [0.2, 0.25) is 0 Å². The van der Waals surface area contributed by atoms with Crippen LogP contribution in [0.3, 0.4) is 0 Å². The van der Waals surface area contributed by atoms with E-state index in [-0.39, 0.29) is 5.91 Å². The number of pyridine rings is 1. The Labute approximate surface area is 227 Å². The molecule has 1 aromatic carbocycles. The summed E-state index contributed by atoms with van der Waals surface area (Å²) in [4.78, 5) is 38.3. The molecule has 1 aliphatic rings. The minimum absolute atomic E-state index is 0.0397. The molecule has 1 aliphatic heterocycles. The number of likely N-dealkylation sites (N-methyl/N-ethyl adjacent to an activating group) is 1. The van der Waals surface area contributed by atoms with Crippen molar-refractivity contribution in [2.24, 2.45) is 0 Å². The Morgan fingerprint density at radius 3 is 2.53 bits per heavy atom. The van der Waals surface area contributed by atoms with E-state index in [1.807, 2.05) is 68.3 Å². The van der Waals surface area contributed by atoms with E-state index in [0.29, 0.717) is 24.5 Å². The van der Waals surface area contributed by atoms with Gasteiger partial charge in [0, 0.05) is 74.4 Å². The molecule has 0 atom stereocenters. The van der Waals surface area contributed by atoms with Crippen LogP contribution in [-0.4, -0.2) is 81.5 Å². The zero-order valence-electron chi connectivity index (χ0n) is 22.4. The van der Waals surface area contributed by atoms with E-state index in [1.54, 1.807) is 11.3 Å². The molecule has 4 heterocycles. The number of aromatic nitrogens is 4. The second kappa shape index (κ2) is 11.4. The summed E-state index contributed by atoms with van der Waals surface area (Å²) in [6, 6.07) is 11.6. The lowest BCUT2D eigenvalue weighted by Gasteiger charge is -2.34. The maximum absolute atomic E-state index is 12.8. The van der Waals surface area contributed by atoms with Crippen molar-refractivity contribution in [2.45, 2.75) is 27.7 Å². The molecular weight excluding hydrogens is 496 g/mol. The van der Waals surface area contributed by atoms with E-state index in [2.05, 4.69) is 32.0 Å². The molecule has 0 aliphatic carbocycles. The van der Waals surface area contributed by atoms with Crippen molar-refractivity contribution < 1.29 is 4.79 Å². The predicted molar refractivity (Wildman–Crippen MR) is 154 cm³/mol. The Kier molecular flexibility index (Phi) is 7.80. The Balaban J connectivity index is 1.36. The lowest BCUT2D eigenvalue weighted by Crippen LogP contribution is -2.46. The monoisotopic (exact) mass is 530 g/mol. The first-order valence-corrected chi connectivity index (χ1v) is 14.0. The number of nitrogens with one attached hydrogen (secondary N) is 1. The normalized spacial score (nSPS) is 14.2. The molecule has 0 unspecified atom stereocenters. The second-order valence-corrected chi connectivity index (χ2v) is 10.4. The lowest BCUT2D eigenvalue weighted by molar-refractivity contribution is 0.0773. The van der Waals surface area contributed by atoms with Crippen molar-refractivity contribution in [1.82, 2.24) is 29.7 Å². The molecule has 1 saturated heterocycles. The van der Waals surface area contributed by atoms with Gasteiger partial charge >= 0.3 is 0 Å². The minimum atomic E-state index is 0.0397. The van der Waals surface area contributed by atoms with Crippen molar-refractivity contribution in [2.75, 3.05) is 56.0 Å². The van der Waals surface area contributed by atoms with Gasteiger partial charge in [0.2, 0.25) is 5.95 Å². The van der Waals surface area contributed by atoms with Gasteiger partial charge in [0.1, 0.15) is 16.6 Å². The summed E-state index contributed by atoms with van der Waals surface area (Å²) >= 11 is 1.57. The Bertz CT molecular complexity index is 1430. The zero-order chi connectivity index (χ0) is 26.6. The highest BCUT2D eigenvalue weighted by Gasteiger charge is 2.19. The summed E-state index contributed by atoms with van der Waals surface area (Å²) in [7, 11) is 0. The van der Waals surface area contributed by atoms with E-state index in [1.165, 1.54) is 0 Å². The molecule has 0 radical (unpaired) electrons. The van der Waals surface area contributed by atoms with Crippen LogP contribution in [0.25, 0.3) is 20.8 Å². The summed E-state index contributed by atoms with van der Waals surface area (Å²) in [6.45, 7) is 14.5. The van der Waals surface area contributed by atoms with Gasteiger partial charge in [-0.2, -0.15) is 4.98 Å². The molecule has 5 rings (SSSR count). The summed E-state index contributed by atoms with van der Waals surface area (Å²) in [6.07, 6.45) is 1.84. The van der Waals surface area contributed by atoms with Crippen molar-refractivity contribution in [1.29, 1.82) is 0 Å². The first-order valence-electron chi connectivity index (χ1n) is 13.2. The third kappa shape index (κ3) is 5.61. The molecule has 3 aromatic heterocycles. The van der Waals surface area contributed by atoms with Gasteiger partial charge in [-0.25, -0.2) is 15.0 Å². The molecule has 10 heteroatoms. The first kappa shape index (κ1) is 26.0. The summed E-state index contributed by atoms with van der Waals surface area (Å²) < 4.78 is 0.986. The number of thiazole rings is 1. The maximum Gasteiger partial charge on any atom is 0.253 e.